The van der Waals surface area contributed by atoms with Crippen molar-refractivity contribution in [1.82, 2.24) is 14.5 Å². The Morgan fingerprint density at radius 1 is 1.32 bits per heavy atom. The van der Waals surface area contributed by atoms with Crippen LogP contribution in [0.1, 0.15) is 25.3 Å². The van der Waals surface area contributed by atoms with Crippen molar-refractivity contribution in [1.29, 1.82) is 0 Å². The molecule has 1 atom stereocenters. The van der Waals surface area contributed by atoms with E-state index < -0.39 is 0 Å². The summed E-state index contributed by atoms with van der Waals surface area (Å²) < 4.78 is 3.21. The molecular formula is C17H18N4S. The molecule has 1 unspecified atom stereocenters. The fourth-order valence-corrected chi connectivity index (χ4v) is 3.81. The van der Waals surface area contributed by atoms with Crippen molar-refractivity contribution in [3.63, 3.8) is 0 Å². The SMILES string of the molecule is CC1CCC(c2ccc3sc(-c4nccn4C)nc3c2)=NC1. The highest BCUT2D eigenvalue weighted by atomic mass is 32.1. The molecule has 3 aromatic rings. The van der Waals surface area contributed by atoms with Crippen molar-refractivity contribution in [2.24, 2.45) is 18.0 Å². The zero-order chi connectivity index (χ0) is 15.1. The molecule has 5 heteroatoms. The molecule has 0 saturated carbocycles. The Morgan fingerprint density at radius 2 is 2.23 bits per heavy atom. The second-order valence-corrected chi connectivity index (χ2v) is 7.03. The monoisotopic (exact) mass is 310 g/mol. The number of thiazole rings is 1. The molecule has 4 rings (SSSR count). The number of imidazole rings is 1. The summed E-state index contributed by atoms with van der Waals surface area (Å²) in [6.07, 6.45) is 6.06. The molecule has 0 aliphatic carbocycles. The number of aliphatic imine (C=N–C) groups is 1. The van der Waals surface area contributed by atoms with Crippen LogP contribution in [-0.4, -0.2) is 26.8 Å². The highest BCUT2D eigenvalue weighted by Crippen LogP contribution is 2.30. The van der Waals surface area contributed by atoms with Gasteiger partial charge in [-0.25, -0.2) is 9.97 Å². The quantitative estimate of drug-likeness (QED) is 0.720. The van der Waals surface area contributed by atoms with Crippen LogP contribution in [0.3, 0.4) is 0 Å². The lowest BCUT2D eigenvalue weighted by molar-refractivity contribution is 0.538. The van der Waals surface area contributed by atoms with Gasteiger partial charge in [-0.1, -0.05) is 13.0 Å². The average molecular weight is 310 g/mol. The molecule has 112 valence electrons. The number of aryl methyl sites for hydroxylation is 1. The van der Waals surface area contributed by atoms with Crippen LogP contribution < -0.4 is 0 Å². The Hall–Kier alpha value is -2.01. The summed E-state index contributed by atoms with van der Waals surface area (Å²) in [7, 11) is 2.00. The lowest BCUT2D eigenvalue weighted by Gasteiger charge is -2.17. The van der Waals surface area contributed by atoms with Crippen LogP contribution in [0.25, 0.3) is 21.0 Å². The van der Waals surface area contributed by atoms with Crippen molar-refractivity contribution in [3.8, 4) is 10.8 Å². The summed E-state index contributed by atoms with van der Waals surface area (Å²) in [4.78, 5) is 13.9. The highest BCUT2D eigenvalue weighted by Gasteiger charge is 2.15. The standard InChI is InChI=1S/C17H18N4S/c1-11-3-5-13(19-10-11)12-4-6-15-14(9-12)20-17(22-15)16-18-7-8-21(16)2/h4,6-9,11H,3,5,10H2,1-2H3. The molecule has 0 fully saturated rings. The first-order valence-electron chi connectivity index (χ1n) is 7.62. The van der Waals surface area contributed by atoms with Crippen molar-refractivity contribution in [2.45, 2.75) is 19.8 Å². The molecule has 2 aromatic heterocycles. The van der Waals surface area contributed by atoms with E-state index in [-0.39, 0.29) is 0 Å². The van der Waals surface area contributed by atoms with E-state index in [2.05, 4.69) is 30.1 Å². The highest BCUT2D eigenvalue weighted by molar-refractivity contribution is 7.21. The summed E-state index contributed by atoms with van der Waals surface area (Å²) in [6, 6.07) is 6.51. The fraction of sp³-hybridized carbons (Fsp3) is 0.353. The zero-order valence-corrected chi connectivity index (χ0v) is 13.6. The van der Waals surface area contributed by atoms with Gasteiger partial charge in [0, 0.05) is 31.7 Å². The van der Waals surface area contributed by atoms with Gasteiger partial charge < -0.3 is 4.57 Å². The largest absolute Gasteiger partial charge is 0.332 e. The Balaban J connectivity index is 1.74. The Labute approximate surface area is 133 Å². The second-order valence-electron chi connectivity index (χ2n) is 5.99. The molecule has 0 bridgehead atoms. The molecule has 0 N–H and O–H groups in total. The van der Waals surface area contributed by atoms with Crippen molar-refractivity contribution >= 4 is 27.3 Å². The minimum atomic E-state index is 0.710. The molecule has 4 nitrogen and oxygen atoms in total. The Bertz CT molecular complexity index is 859. The van der Waals surface area contributed by atoms with E-state index in [0.717, 1.165) is 29.3 Å². The zero-order valence-electron chi connectivity index (χ0n) is 12.8. The van der Waals surface area contributed by atoms with Gasteiger partial charge in [0.2, 0.25) is 0 Å². The van der Waals surface area contributed by atoms with Crippen LogP contribution in [0, 0.1) is 5.92 Å². The van der Waals surface area contributed by atoms with E-state index in [1.54, 1.807) is 11.3 Å². The number of hydrogen-bond acceptors (Lipinski definition) is 4. The third kappa shape index (κ3) is 2.35. The molecule has 1 aromatic carbocycles. The van der Waals surface area contributed by atoms with Gasteiger partial charge in [0.05, 0.1) is 10.2 Å². The predicted octanol–water partition coefficient (Wildman–Crippen LogP) is 3.92. The number of benzene rings is 1. The molecule has 1 aliphatic heterocycles. The first-order chi connectivity index (χ1) is 10.7. The second kappa shape index (κ2) is 5.32. The van der Waals surface area contributed by atoms with Crippen molar-refractivity contribution < 1.29 is 0 Å². The van der Waals surface area contributed by atoms with Crippen LogP contribution in [-0.2, 0) is 7.05 Å². The van der Waals surface area contributed by atoms with E-state index in [1.807, 2.05) is 24.0 Å². The number of hydrogen-bond donors (Lipinski definition) is 0. The van der Waals surface area contributed by atoms with Crippen LogP contribution in [0.15, 0.2) is 35.6 Å². The maximum Gasteiger partial charge on any atom is 0.168 e. The molecule has 0 radical (unpaired) electrons. The van der Waals surface area contributed by atoms with E-state index in [9.17, 15) is 0 Å². The first kappa shape index (κ1) is 13.6. The molecule has 0 spiro atoms. The number of aromatic nitrogens is 3. The van der Waals surface area contributed by atoms with Crippen LogP contribution >= 0.6 is 11.3 Å². The average Bonchev–Trinajstić information content (AvgIpc) is 3.12. The lowest BCUT2D eigenvalue weighted by Crippen LogP contribution is -2.14. The van der Waals surface area contributed by atoms with Gasteiger partial charge in [-0.05, 0) is 36.5 Å². The Morgan fingerprint density at radius 3 is 2.95 bits per heavy atom. The molecule has 22 heavy (non-hydrogen) atoms. The van der Waals surface area contributed by atoms with Crippen molar-refractivity contribution in [3.05, 3.63) is 36.2 Å². The molecule has 3 heterocycles. The third-order valence-electron chi connectivity index (χ3n) is 4.20. The molecular weight excluding hydrogens is 292 g/mol. The van der Waals surface area contributed by atoms with Crippen LogP contribution in [0.2, 0.25) is 0 Å². The fourth-order valence-electron chi connectivity index (χ4n) is 2.83. The predicted molar refractivity (Wildman–Crippen MR) is 91.6 cm³/mol. The summed E-state index contributed by atoms with van der Waals surface area (Å²) in [5, 5.41) is 0.971. The van der Waals surface area contributed by atoms with E-state index >= 15 is 0 Å². The van der Waals surface area contributed by atoms with E-state index in [0.29, 0.717) is 5.92 Å². The summed E-state index contributed by atoms with van der Waals surface area (Å²) in [6.45, 7) is 3.21. The normalized spacial score (nSPS) is 18.6. The van der Waals surface area contributed by atoms with E-state index in [4.69, 9.17) is 9.98 Å². The van der Waals surface area contributed by atoms with Gasteiger partial charge in [0.15, 0.2) is 10.8 Å². The molecule has 1 aliphatic rings. The van der Waals surface area contributed by atoms with Gasteiger partial charge in [-0.15, -0.1) is 11.3 Å². The van der Waals surface area contributed by atoms with E-state index in [1.165, 1.54) is 22.4 Å². The minimum Gasteiger partial charge on any atom is -0.332 e. The molecule has 0 saturated heterocycles. The number of fused-ring (bicyclic) bond motifs is 1. The lowest BCUT2D eigenvalue weighted by atomic mass is 9.96. The summed E-state index contributed by atoms with van der Waals surface area (Å²) >= 11 is 1.69. The summed E-state index contributed by atoms with van der Waals surface area (Å²) in [5.74, 6) is 1.63. The van der Waals surface area contributed by atoms with Gasteiger partial charge >= 0.3 is 0 Å². The van der Waals surface area contributed by atoms with Crippen LogP contribution in [0.5, 0.6) is 0 Å². The molecule has 0 amide bonds. The Kier molecular flexibility index (Phi) is 3.30. The van der Waals surface area contributed by atoms with Gasteiger partial charge in [0.25, 0.3) is 0 Å². The third-order valence-corrected chi connectivity index (χ3v) is 5.23. The smallest absolute Gasteiger partial charge is 0.168 e. The maximum absolute atomic E-state index is 4.77. The van der Waals surface area contributed by atoms with Crippen molar-refractivity contribution in [2.75, 3.05) is 6.54 Å². The number of rotatable bonds is 2. The van der Waals surface area contributed by atoms with Gasteiger partial charge in [-0.3, -0.25) is 4.99 Å². The first-order valence-corrected chi connectivity index (χ1v) is 8.44. The maximum atomic E-state index is 4.77. The minimum absolute atomic E-state index is 0.710. The summed E-state index contributed by atoms with van der Waals surface area (Å²) in [5.41, 5.74) is 3.49. The van der Waals surface area contributed by atoms with Gasteiger partial charge in [0.1, 0.15) is 0 Å². The topological polar surface area (TPSA) is 43.1 Å². The number of nitrogens with zero attached hydrogens (tertiary/aromatic N) is 4. The van der Waals surface area contributed by atoms with Crippen LogP contribution in [0.4, 0.5) is 0 Å². The van der Waals surface area contributed by atoms with Gasteiger partial charge in [-0.2, -0.15) is 0 Å².